The summed E-state index contributed by atoms with van der Waals surface area (Å²) in [6.07, 6.45) is 0. The van der Waals surface area contributed by atoms with E-state index in [1.807, 2.05) is 30.3 Å². The number of nitrogens with zero attached hydrogens (tertiary/aromatic N) is 4. The van der Waals surface area contributed by atoms with Gasteiger partial charge in [0.15, 0.2) is 0 Å². The second kappa shape index (κ2) is 7.27. The summed E-state index contributed by atoms with van der Waals surface area (Å²) < 4.78 is 1.66. The minimum absolute atomic E-state index is 0.0389. The SMILES string of the molecule is CC(=O)N1CCN(C(=O)c2c(C)nn(Cc3ccccc3)c2Cl)CC1. The van der Waals surface area contributed by atoms with Crippen LogP contribution in [0.5, 0.6) is 0 Å². The van der Waals surface area contributed by atoms with Crippen LogP contribution in [0.2, 0.25) is 5.15 Å². The van der Waals surface area contributed by atoms with Gasteiger partial charge < -0.3 is 9.80 Å². The molecule has 2 aromatic rings. The average Bonchev–Trinajstić information content (AvgIpc) is 2.89. The summed E-state index contributed by atoms with van der Waals surface area (Å²) in [4.78, 5) is 27.8. The molecule has 6 nitrogen and oxygen atoms in total. The van der Waals surface area contributed by atoms with Gasteiger partial charge in [0, 0.05) is 33.1 Å². The summed E-state index contributed by atoms with van der Waals surface area (Å²) in [5.41, 5.74) is 2.15. The van der Waals surface area contributed by atoms with E-state index in [2.05, 4.69) is 5.10 Å². The summed E-state index contributed by atoms with van der Waals surface area (Å²) >= 11 is 6.46. The number of halogens is 1. The van der Waals surface area contributed by atoms with E-state index in [0.29, 0.717) is 49.1 Å². The molecule has 0 bridgehead atoms. The van der Waals surface area contributed by atoms with Crippen molar-refractivity contribution >= 4 is 23.4 Å². The van der Waals surface area contributed by atoms with Gasteiger partial charge in [-0.3, -0.25) is 9.59 Å². The van der Waals surface area contributed by atoms with Gasteiger partial charge in [0.25, 0.3) is 5.91 Å². The fourth-order valence-corrected chi connectivity index (χ4v) is 3.36. The highest BCUT2D eigenvalue weighted by Crippen LogP contribution is 2.23. The number of hydrogen-bond acceptors (Lipinski definition) is 3. The molecule has 0 N–H and O–H groups in total. The highest BCUT2D eigenvalue weighted by Gasteiger charge is 2.28. The van der Waals surface area contributed by atoms with Gasteiger partial charge in [-0.15, -0.1) is 0 Å². The maximum absolute atomic E-state index is 12.9. The zero-order valence-corrected chi connectivity index (χ0v) is 15.2. The molecule has 1 aromatic heterocycles. The fourth-order valence-electron chi connectivity index (χ4n) is 3.04. The molecular weight excluding hydrogens is 340 g/mol. The highest BCUT2D eigenvalue weighted by molar-refractivity contribution is 6.33. The largest absolute Gasteiger partial charge is 0.339 e. The number of carbonyl (C=O) groups is 2. The second-order valence-corrected chi connectivity index (χ2v) is 6.55. The molecule has 0 spiro atoms. The molecule has 1 aliphatic heterocycles. The first kappa shape index (κ1) is 17.5. The van der Waals surface area contributed by atoms with Crippen LogP contribution in [0.4, 0.5) is 0 Å². The Bertz CT molecular complexity index is 780. The Morgan fingerprint density at radius 3 is 2.28 bits per heavy atom. The van der Waals surface area contributed by atoms with Gasteiger partial charge in [-0.2, -0.15) is 5.10 Å². The molecule has 0 radical (unpaired) electrons. The molecule has 132 valence electrons. The molecule has 3 rings (SSSR count). The first-order valence-electron chi connectivity index (χ1n) is 8.29. The second-order valence-electron chi connectivity index (χ2n) is 6.19. The molecule has 25 heavy (non-hydrogen) atoms. The van der Waals surface area contributed by atoms with Crippen molar-refractivity contribution in [1.82, 2.24) is 19.6 Å². The van der Waals surface area contributed by atoms with Crippen molar-refractivity contribution < 1.29 is 9.59 Å². The Morgan fingerprint density at radius 1 is 1.08 bits per heavy atom. The lowest BCUT2D eigenvalue weighted by Gasteiger charge is -2.34. The summed E-state index contributed by atoms with van der Waals surface area (Å²) in [6, 6.07) is 9.86. The van der Waals surface area contributed by atoms with Crippen molar-refractivity contribution in [1.29, 1.82) is 0 Å². The predicted molar refractivity (Wildman–Crippen MR) is 95.7 cm³/mol. The number of benzene rings is 1. The number of aryl methyl sites for hydroxylation is 1. The summed E-state index contributed by atoms with van der Waals surface area (Å²) in [5, 5.41) is 4.80. The minimum Gasteiger partial charge on any atom is -0.339 e. The predicted octanol–water partition coefficient (Wildman–Crippen LogP) is 2.20. The van der Waals surface area contributed by atoms with Crippen molar-refractivity contribution in [2.45, 2.75) is 20.4 Å². The third-order valence-corrected chi connectivity index (χ3v) is 4.85. The zero-order valence-electron chi connectivity index (χ0n) is 14.4. The van der Waals surface area contributed by atoms with Gasteiger partial charge in [0.2, 0.25) is 5.91 Å². The Balaban J connectivity index is 1.76. The minimum atomic E-state index is -0.120. The first-order chi connectivity index (χ1) is 12.0. The van der Waals surface area contributed by atoms with Crippen LogP contribution in [0, 0.1) is 6.92 Å². The lowest BCUT2D eigenvalue weighted by atomic mass is 10.2. The van der Waals surface area contributed by atoms with E-state index < -0.39 is 0 Å². The van der Waals surface area contributed by atoms with E-state index in [1.54, 1.807) is 28.3 Å². The molecular formula is C18H21ClN4O2. The van der Waals surface area contributed by atoms with E-state index in [-0.39, 0.29) is 11.8 Å². The van der Waals surface area contributed by atoms with Gasteiger partial charge in [0.1, 0.15) is 5.15 Å². The van der Waals surface area contributed by atoms with Crippen LogP contribution in [0.25, 0.3) is 0 Å². The maximum Gasteiger partial charge on any atom is 0.259 e. The number of carbonyl (C=O) groups excluding carboxylic acids is 2. The average molecular weight is 361 g/mol. The van der Waals surface area contributed by atoms with E-state index in [4.69, 9.17) is 11.6 Å². The van der Waals surface area contributed by atoms with E-state index in [9.17, 15) is 9.59 Å². The van der Waals surface area contributed by atoms with Crippen LogP contribution in [0.3, 0.4) is 0 Å². The van der Waals surface area contributed by atoms with E-state index in [1.165, 1.54) is 0 Å². The van der Waals surface area contributed by atoms with Gasteiger partial charge >= 0.3 is 0 Å². The smallest absolute Gasteiger partial charge is 0.259 e. The molecule has 0 atom stereocenters. The Hall–Kier alpha value is -2.34. The van der Waals surface area contributed by atoms with Crippen molar-refractivity contribution in [3.8, 4) is 0 Å². The lowest BCUT2D eigenvalue weighted by molar-refractivity contribution is -0.130. The van der Waals surface area contributed by atoms with Crippen LogP contribution in [-0.2, 0) is 11.3 Å². The van der Waals surface area contributed by atoms with Crippen molar-refractivity contribution in [2.75, 3.05) is 26.2 Å². The molecule has 1 aliphatic rings. The van der Waals surface area contributed by atoms with E-state index >= 15 is 0 Å². The van der Waals surface area contributed by atoms with Gasteiger partial charge in [0.05, 0.1) is 17.8 Å². The van der Waals surface area contributed by atoms with Crippen LogP contribution < -0.4 is 0 Å². The summed E-state index contributed by atoms with van der Waals surface area (Å²) in [7, 11) is 0. The molecule has 2 amide bonds. The van der Waals surface area contributed by atoms with Crippen molar-refractivity contribution in [2.24, 2.45) is 0 Å². The topological polar surface area (TPSA) is 58.4 Å². The van der Waals surface area contributed by atoms with Crippen molar-refractivity contribution in [3.63, 3.8) is 0 Å². The highest BCUT2D eigenvalue weighted by atomic mass is 35.5. The normalized spacial score (nSPS) is 14.7. The lowest BCUT2D eigenvalue weighted by Crippen LogP contribution is -2.50. The molecule has 0 saturated carbocycles. The Morgan fingerprint density at radius 2 is 1.68 bits per heavy atom. The quantitative estimate of drug-likeness (QED) is 0.843. The van der Waals surface area contributed by atoms with Gasteiger partial charge in [-0.1, -0.05) is 41.9 Å². The molecule has 7 heteroatoms. The number of amides is 2. The van der Waals surface area contributed by atoms with Crippen LogP contribution in [-0.4, -0.2) is 57.6 Å². The summed E-state index contributed by atoms with van der Waals surface area (Å²) in [6.45, 7) is 5.99. The summed E-state index contributed by atoms with van der Waals surface area (Å²) in [5.74, 6) is -0.0815. The number of rotatable bonds is 3. The third kappa shape index (κ3) is 3.69. The van der Waals surface area contributed by atoms with Crippen molar-refractivity contribution in [3.05, 3.63) is 52.3 Å². The van der Waals surface area contributed by atoms with Crippen LogP contribution >= 0.6 is 11.6 Å². The van der Waals surface area contributed by atoms with Gasteiger partial charge in [-0.05, 0) is 12.5 Å². The number of aromatic nitrogens is 2. The van der Waals surface area contributed by atoms with Crippen LogP contribution in [0.15, 0.2) is 30.3 Å². The first-order valence-corrected chi connectivity index (χ1v) is 8.66. The Labute approximate surface area is 152 Å². The Kier molecular flexibility index (Phi) is 5.08. The monoisotopic (exact) mass is 360 g/mol. The standard InChI is InChI=1S/C18H21ClN4O2/c1-13-16(18(25)22-10-8-21(9-11-22)14(2)24)17(19)23(20-13)12-15-6-4-3-5-7-15/h3-7H,8-12H2,1-2H3. The molecule has 1 fully saturated rings. The molecule has 2 heterocycles. The molecule has 0 aliphatic carbocycles. The molecule has 1 saturated heterocycles. The molecule has 1 aromatic carbocycles. The van der Waals surface area contributed by atoms with Gasteiger partial charge in [-0.25, -0.2) is 4.68 Å². The van der Waals surface area contributed by atoms with E-state index in [0.717, 1.165) is 5.56 Å². The number of piperazine rings is 1. The zero-order chi connectivity index (χ0) is 18.0. The maximum atomic E-state index is 12.9. The van der Waals surface area contributed by atoms with Crippen LogP contribution in [0.1, 0.15) is 28.5 Å². The number of hydrogen-bond donors (Lipinski definition) is 0. The fraction of sp³-hybridized carbons (Fsp3) is 0.389. The molecule has 0 unspecified atom stereocenters. The third-order valence-electron chi connectivity index (χ3n) is 4.47.